The van der Waals surface area contributed by atoms with Crippen LogP contribution in [0.3, 0.4) is 0 Å². The van der Waals surface area contributed by atoms with Gasteiger partial charge in [-0.1, -0.05) is 155 Å². The predicted octanol–water partition coefficient (Wildman–Crippen LogP) is 9.82. The summed E-state index contributed by atoms with van der Waals surface area (Å²) >= 11 is 0. The lowest BCUT2D eigenvalue weighted by Crippen LogP contribution is -2.29. The van der Waals surface area contributed by atoms with Crippen molar-refractivity contribution < 1.29 is 0 Å². The van der Waals surface area contributed by atoms with E-state index in [0.29, 0.717) is 0 Å². The number of allylic oxidation sites excluding steroid dienone is 1. The van der Waals surface area contributed by atoms with Crippen molar-refractivity contribution in [3.05, 3.63) is 120 Å². The molecule has 180 valence electrons. The first-order valence-electron chi connectivity index (χ1n) is 13.5. The Balaban J connectivity index is 1.55. The second-order valence-electron chi connectivity index (χ2n) is 9.55. The molecule has 0 bridgehead atoms. The van der Waals surface area contributed by atoms with E-state index in [2.05, 4.69) is 103 Å². The summed E-state index contributed by atoms with van der Waals surface area (Å²) in [7, 11) is 1.93. The lowest BCUT2D eigenvalue weighted by Gasteiger charge is -2.36. The van der Waals surface area contributed by atoms with Crippen LogP contribution in [-0.2, 0) is 5.41 Å². The van der Waals surface area contributed by atoms with Crippen molar-refractivity contribution in [2.75, 3.05) is 0 Å². The Morgan fingerprint density at radius 1 is 0.471 bits per heavy atom. The van der Waals surface area contributed by atoms with Gasteiger partial charge >= 0.3 is 0 Å². The van der Waals surface area contributed by atoms with E-state index in [1.807, 2.05) is 9.24 Å². The molecular formula is C33H44P+. The van der Waals surface area contributed by atoms with Gasteiger partial charge in [0.05, 0.1) is 0 Å². The summed E-state index contributed by atoms with van der Waals surface area (Å²) in [6.45, 7) is 0. The zero-order valence-electron chi connectivity index (χ0n) is 21.0. The Bertz CT molecular complexity index is 818. The van der Waals surface area contributed by atoms with Crippen molar-refractivity contribution in [1.82, 2.24) is 0 Å². The van der Waals surface area contributed by atoms with E-state index in [4.69, 9.17) is 0 Å². The van der Waals surface area contributed by atoms with Gasteiger partial charge in [0.15, 0.2) is 0 Å². The van der Waals surface area contributed by atoms with Gasteiger partial charge in [0.25, 0.3) is 0 Å². The van der Waals surface area contributed by atoms with Crippen LogP contribution in [0.5, 0.6) is 0 Å². The highest BCUT2D eigenvalue weighted by atomic mass is 31.0. The smallest absolute Gasteiger partial charge is 0.0474 e. The molecule has 3 rings (SSSR count). The molecule has 0 fully saturated rings. The molecule has 0 saturated carbocycles. The van der Waals surface area contributed by atoms with Gasteiger partial charge in [-0.05, 0) is 45.2 Å². The highest BCUT2D eigenvalue weighted by Crippen LogP contribution is 2.43. The van der Waals surface area contributed by atoms with E-state index in [9.17, 15) is 0 Å². The summed E-state index contributed by atoms with van der Waals surface area (Å²) in [6, 6.07) is 33.5. The molecule has 1 unspecified atom stereocenters. The van der Waals surface area contributed by atoms with Crippen molar-refractivity contribution in [3.63, 3.8) is 0 Å². The molecule has 0 aromatic heterocycles. The fourth-order valence-electron chi connectivity index (χ4n) is 5.29. The third-order valence-electron chi connectivity index (χ3n) is 7.14. The first-order chi connectivity index (χ1) is 16.9. The highest BCUT2D eigenvalue weighted by molar-refractivity contribution is 7.20. The number of hydrogen-bond donors (Lipinski definition) is 0. The molecule has 0 N–H and O–H groups in total. The molecule has 0 aliphatic heterocycles. The van der Waals surface area contributed by atoms with Crippen LogP contribution in [0.4, 0.5) is 0 Å². The summed E-state index contributed by atoms with van der Waals surface area (Å²) in [5, 5.41) is 0. The Labute approximate surface area is 211 Å². The molecule has 0 aliphatic rings. The van der Waals surface area contributed by atoms with Gasteiger partial charge in [-0.3, -0.25) is 0 Å². The maximum Gasteiger partial charge on any atom is 0.0474 e. The normalized spacial score (nSPS) is 11.9. The molecule has 0 spiro atoms. The number of unbranched alkanes of at least 4 members (excludes halogenated alkanes) is 10. The van der Waals surface area contributed by atoms with Crippen LogP contribution in [0.1, 0.15) is 93.7 Å². The molecule has 0 radical (unpaired) electrons. The number of rotatable bonds is 16. The van der Waals surface area contributed by atoms with E-state index < -0.39 is 0 Å². The fourth-order valence-corrected chi connectivity index (χ4v) is 5.52. The molecule has 0 amide bonds. The van der Waals surface area contributed by atoms with Gasteiger partial charge < -0.3 is 0 Å². The standard InChI is InChI=1S/C33H43P/c34-29-21-10-8-6-4-2-1-3-5-7-9-20-28-33(30-22-14-11-15-23-30,31-24-16-12-17-25-31)32-26-18-13-19-27-32/h11-19,21-27,29H,1-10,20,28,34H2/p+1. The minimum Gasteiger partial charge on any atom is -0.0622 e. The summed E-state index contributed by atoms with van der Waals surface area (Å²) in [4.78, 5) is 0. The number of benzene rings is 3. The average molecular weight is 472 g/mol. The quantitative estimate of drug-likeness (QED) is 0.111. The molecule has 0 nitrogen and oxygen atoms in total. The first kappa shape index (κ1) is 26.4. The Hall–Kier alpha value is -2.17. The van der Waals surface area contributed by atoms with E-state index >= 15 is 0 Å². The van der Waals surface area contributed by atoms with Crippen LogP contribution in [-0.4, -0.2) is 0 Å². The van der Waals surface area contributed by atoms with Crippen LogP contribution >= 0.6 is 9.24 Å². The van der Waals surface area contributed by atoms with E-state index in [1.54, 1.807) is 0 Å². The molecule has 0 saturated heterocycles. The number of hydrogen-bond acceptors (Lipinski definition) is 0. The maximum atomic E-state index is 2.32. The molecule has 0 aliphatic carbocycles. The fraction of sp³-hybridized carbons (Fsp3) is 0.394. The van der Waals surface area contributed by atoms with Crippen LogP contribution in [0, 0.1) is 0 Å². The summed E-state index contributed by atoms with van der Waals surface area (Å²) < 4.78 is 0. The minimum absolute atomic E-state index is 0.0861. The van der Waals surface area contributed by atoms with Gasteiger partial charge in [0, 0.05) is 11.2 Å². The minimum atomic E-state index is -0.0861. The third kappa shape index (κ3) is 7.95. The topological polar surface area (TPSA) is 0 Å². The lowest BCUT2D eigenvalue weighted by molar-refractivity contribution is 0.492. The van der Waals surface area contributed by atoms with Gasteiger partial charge in [-0.25, -0.2) is 0 Å². The van der Waals surface area contributed by atoms with Crippen LogP contribution in [0.2, 0.25) is 0 Å². The molecule has 34 heavy (non-hydrogen) atoms. The van der Waals surface area contributed by atoms with Crippen LogP contribution in [0.25, 0.3) is 0 Å². The predicted molar refractivity (Wildman–Crippen MR) is 155 cm³/mol. The molecular weight excluding hydrogens is 427 g/mol. The van der Waals surface area contributed by atoms with Gasteiger partial charge in [0.1, 0.15) is 0 Å². The van der Waals surface area contributed by atoms with Crippen molar-refractivity contribution >= 4 is 9.24 Å². The van der Waals surface area contributed by atoms with Crippen molar-refractivity contribution in [2.45, 2.75) is 82.5 Å². The van der Waals surface area contributed by atoms with Gasteiger partial charge in [-0.15, -0.1) is 0 Å². The largest absolute Gasteiger partial charge is 0.0622 e. The van der Waals surface area contributed by atoms with Crippen molar-refractivity contribution in [1.29, 1.82) is 0 Å². The highest BCUT2D eigenvalue weighted by Gasteiger charge is 2.35. The van der Waals surface area contributed by atoms with E-state index in [-0.39, 0.29) is 5.41 Å². The maximum absolute atomic E-state index is 2.32. The lowest BCUT2D eigenvalue weighted by atomic mass is 9.66. The average Bonchev–Trinajstić information content (AvgIpc) is 2.91. The summed E-state index contributed by atoms with van der Waals surface area (Å²) in [5.41, 5.74) is 4.13. The Morgan fingerprint density at radius 2 is 0.824 bits per heavy atom. The summed E-state index contributed by atoms with van der Waals surface area (Å²) in [6.07, 6.45) is 18.4. The van der Waals surface area contributed by atoms with Crippen LogP contribution in [0.15, 0.2) is 103 Å². The van der Waals surface area contributed by atoms with Gasteiger partial charge in [-0.2, -0.15) is 0 Å². The second kappa shape index (κ2) is 15.7. The zero-order valence-corrected chi connectivity index (χ0v) is 22.4. The zero-order chi connectivity index (χ0) is 23.7. The molecule has 1 heteroatoms. The molecule has 1 atom stereocenters. The van der Waals surface area contributed by atoms with Crippen LogP contribution < -0.4 is 0 Å². The Morgan fingerprint density at radius 3 is 1.21 bits per heavy atom. The van der Waals surface area contributed by atoms with E-state index in [1.165, 1.54) is 87.3 Å². The molecule has 3 aromatic rings. The SMILES string of the molecule is [PH3+]C=CCCCCCCCCCCCCC(c1ccccc1)(c1ccccc1)c1ccccc1. The van der Waals surface area contributed by atoms with Crippen molar-refractivity contribution in [2.24, 2.45) is 0 Å². The molecule has 0 heterocycles. The third-order valence-corrected chi connectivity index (χ3v) is 7.47. The van der Waals surface area contributed by atoms with E-state index in [0.717, 1.165) is 6.42 Å². The Kier molecular flexibility index (Phi) is 12.2. The second-order valence-corrected chi connectivity index (χ2v) is 10.0. The first-order valence-corrected chi connectivity index (χ1v) is 14.3. The monoisotopic (exact) mass is 471 g/mol. The van der Waals surface area contributed by atoms with Crippen molar-refractivity contribution in [3.8, 4) is 0 Å². The van der Waals surface area contributed by atoms with Gasteiger partial charge in [0.2, 0.25) is 0 Å². The summed E-state index contributed by atoms with van der Waals surface area (Å²) in [5.74, 6) is 2.20. The molecule has 3 aromatic carbocycles.